The fourth-order valence-corrected chi connectivity index (χ4v) is 3.70. The monoisotopic (exact) mass is 305 g/mol. The molecule has 0 unspecified atom stereocenters. The van der Waals surface area contributed by atoms with Crippen molar-refractivity contribution in [2.24, 2.45) is 0 Å². The normalized spacial score (nSPS) is 17.8. The minimum atomic E-state index is 0.430. The predicted molar refractivity (Wildman–Crippen MR) is 86.9 cm³/mol. The SMILES string of the molecule is CCn1ncc2c1CCC[C@H]2NCc1cnc(N(C)C)s1. The van der Waals surface area contributed by atoms with Gasteiger partial charge in [-0.15, -0.1) is 11.3 Å². The molecule has 0 saturated heterocycles. The van der Waals surface area contributed by atoms with E-state index in [-0.39, 0.29) is 0 Å². The van der Waals surface area contributed by atoms with Gasteiger partial charge in [0.2, 0.25) is 0 Å². The highest BCUT2D eigenvalue weighted by Gasteiger charge is 2.23. The van der Waals surface area contributed by atoms with Gasteiger partial charge in [0, 0.05) is 55.6 Å². The highest BCUT2D eigenvalue weighted by molar-refractivity contribution is 7.15. The van der Waals surface area contributed by atoms with E-state index < -0.39 is 0 Å². The molecule has 1 N–H and O–H groups in total. The smallest absolute Gasteiger partial charge is 0.185 e. The van der Waals surface area contributed by atoms with Crippen LogP contribution in [0.1, 0.15) is 41.9 Å². The summed E-state index contributed by atoms with van der Waals surface area (Å²) in [6.45, 7) is 4.00. The number of hydrogen-bond donors (Lipinski definition) is 1. The van der Waals surface area contributed by atoms with Crippen LogP contribution in [0.5, 0.6) is 0 Å². The number of aromatic nitrogens is 3. The van der Waals surface area contributed by atoms with Gasteiger partial charge in [0.15, 0.2) is 5.13 Å². The third kappa shape index (κ3) is 2.96. The maximum Gasteiger partial charge on any atom is 0.185 e. The van der Waals surface area contributed by atoms with E-state index in [2.05, 4.69) is 31.9 Å². The summed E-state index contributed by atoms with van der Waals surface area (Å²) in [6.07, 6.45) is 7.62. The Kier molecular flexibility index (Phi) is 4.26. The molecule has 2 heterocycles. The van der Waals surface area contributed by atoms with Crippen molar-refractivity contribution < 1.29 is 0 Å². The van der Waals surface area contributed by atoms with Gasteiger partial charge in [-0.2, -0.15) is 5.10 Å². The van der Waals surface area contributed by atoms with Crippen LogP contribution in [0.15, 0.2) is 12.4 Å². The van der Waals surface area contributed by atoms with Crippen molar-refractivity contribution in [2.75, 3.05) is 19.0 Å². The third-order valence-corrected chi connectivity index (χ3v) is 5.17. The van der Waals surface area contributed by atoms with Crippen molar-refractivity contribution >= 4 is 16.5 Å². The number of fused-ring (bicyclic) bond motifs is 1. The molecule has 2 aromatic rings. The molecule has 0 aliphatic heterocycles. The number of hydrogen-bond acceptors (Lipinski definition) is 5. The summed E-state index contributed by atoms with van der Waals surface area (Å²) in [6, 6.07) is 0.430. The molecule has 0 spiro atoms. The van der Waals surface area contributed by atoms with E-state index in [9.17, 15) is 0 Å². The maximum absolute atomic E-state index is 4.51. The molecule has 114 valence electrons. The Labute approximate surface area is 130 Å². The number of nitrogens with one attached hydrogen (secondary N) is 1. The van der Waals surface area contributed by atoms with Gasteiger partial charge in [-0.3, -0.25) is 4.68 Å². The minimum Gasteiger partial charge on any atom is -0.354 e. The number of rotatable bonds is 5. The van der Waals surface area contributed by atoms with E-state index in [1.54, 1.807) is 11.3 Å². The van der Waals surface area contributed by atoms with Gasteiger partial charge in [0.1, 0.15) is 0 Å². The standard InChI is InChI=1S/C15H23N5S/c1-4-20-14-7-5-6-13(12(14)10-18-20)16-8-11-9-17-15(21-11)19(2)3/h9-10,13,16H,4-8H2,1-3H3/t13-/m1/s1. The summed E-state index contributed by atoms with van der Waals surface area (Å²) in [5, 5.41) is 9.26. The second-order valence-corrected chi connectivity index (χ2v) is 6.79. The van der Waals surface area contributed by atoms with Gasteiger partial charge in [0.05, 0.1) is 6.20 Å². The largest absolute Gasteiger partial charge is 0.354 e. The Morgan fingerprint density at radius 3 is 3.00 bits per heavy atom. The molecule has 0 amide bonds. The Morgan fingerprint density at radius 2 is 2.29 bits per heavy atom. The van der Waals surface area contributed by atoms with E-state index in [1.165, 1.54) is 29.0 Å². The molecule has 5 nitrogen and oxygen atoms in total. The van der Waals surface area contributed by atoms with Gasteiger partial charge < -0.3 is 10.2 Å². The zero-order valence-electron chi connectivity index (χ0n) is 13.0. The first-order valence-corrected chi connectivity index (χ1v) is 8.40. The third-order valence-electron chi connectivity index (χ3n) is 4.01. The van der Waals surface area contributed by atoms with Crippen LogP contribution >= 0.6 is 11.3 Å². The molecule has 0 radical (unpaired) electrons. The molecule has 21 heavy (non-hydrogen) atoms. The molecule has 6 heteroatoms. The average Bonchev–Trinajstić information content (AvgIpc) is 3.11. The van der Waals surface area contributed by atoms with Crippen LogP contribution in [0, 0.1) is 0 Å². The Morgan fingerprint density at radius 1 is 1.43 bits per heavy atom. The zero-order valence-corrected chi connectivity index (χ0v) is 13.8. The van der Waals surface area contributed by atoms with E-state index in [1.807, 2.05) is 26.5 Å². The molecular weight excluding hydrogens is 282 g/mol. The summed E-state index contributed by atoms with van der Waals surface area (Å²) in [5.41, 5.74) is 2.81. The van der Waals surface area contributed by atoms with E-state index >= 15 is 0 Å². The Balaban J connectivity index is 1.67. The zero-order chi connectivity index (χ0) is 14.8. The number of nitrogens with zero attached hydrogens (tertiary/aromatic N) is 4. The van der Waals surface area contributed by atoms with Crippen molar-refractivity contribution in [1.29, 1.82) is 0 Å². The van der Waals surface area contributed by atoms with Crippen LogP contribution in [0.25, 0.3) is 0 Å². The first-order chi connectivity index (χ1) is 10.2. The Hall–Kier alpha value is -1.40. The van der Waals surface area contributed by atoms with Gasteiger partial charge >= 0.3 is 0 Å². The highest BCUT2D eigenvalue weighted by atomic mass is 32.1. The van der Waals surface area contributed by atoms with Crippen LogP contribution in [0.4, 0.5) is 5.13 Å². The molecule has 1 atom stereocenters. The van der Waals surface area contributed by atoms with Crippen LogP contribution in [0.2, 0.25) is 0 Å². The van der Waals surface area contributed by atoms with Crippen molar-refractivity contribution in [1.82, 2.24) is 20.1 Å². The molecule has 0 bridgehead atoms. The molecule has 3 rings (SSSR count). The van der Waals surface area contributed by atoms with Crippen LogP contribution < -0.4 is 10.2 Å². The van der Waals surface area contributed by atoms with Gasteiger partial charge in [-0.1, -0.05) is 0 Å². The summed E-state index contributed by atoms with van der Waals surface area (Å²) in [4.78, 5) is 7.77. The fraction of sp³-hybridized carbons (Fsp3) is 0.600. The molecule has 0 saturated carbocycles. The number of anilines is 1. The first kappa shape index (κ1) is 14.5. The van der Waals surface area contributed by atoms with Crippen molar-refractivity contribution in [3.63, 3.8) is 0 Å². The van der Waals surface area contributed by atoms with Crippen molar-refractivity contribution in [2.45, 2.75) is 45.3 Å². The lowest BCUT2D eigenvalue weighted by molar-refractivity contribution is 0.449. The quantitative estimate of drug-likeness (QED) is 0.922. The average molecular weight is 305 g/mol. The van der Waals surface area contributed by atoms with Crippen LogP contribution in [0.3, 0.4) is 0 Å². The molecular formula is C15H23N5S. The molecule has 0 fully saturated rings. The fourth-order valence-electron chi connectivity index (χ4n) is 2.91. The van der Waals surface area contributed by atoms with Gasteiger partial charge in [0.25, 0.3) is 0 Å². The predicted octanol–water partition coefficient (Wildman–Crippen LogP) is 2.59. The lowest BCUT2D eigenvalue weighted by atomic mass is 9.93. The second-order valence-electron chi connectivity index (χ2n) is 5.69. The molecule has 1 aliphatic carbocycles. The maximum atomic E-state index is 4.51. The molecule has 0 aromatic carbocycles. The van der Waals surface area contributed by atoms with E-state index in [4.69, 9.17) is 0 Å². The van der Waals surface area contributed by atoms with E-state index in [0.29, 0.717) is 6.04 Å². The topological polar surface area (TPSA) is 46.0 Å². The molecule has 2 aromatic heterocycles. The van der Waals surface area contributed by atoms with Crippen LogP contribution in [-0.4, -0.2) is 28.9 Å². The van der Waals surface area contributed by atoms with Gasteiger partial charge in [-0.05, 0) is 26.2 Å². The molecule has 1 aliphatic rings. The van der Waals surface area contributed by atoms with Gasteiger partial charge in [-0.25, -0.2) is 4.98 Å². The minimum absolute atomic E-state index is 0.430. The Bertz CT molecular complexity index is 601. The lowest BCUT2D eigenvalue weighted by Gasteiger charge is -2.24. The summed E-state index contributed by atoms with van der Waals surface area (Å²) in [7, 11) is 4.06. The highest BCUT2D eigenvalue weighted by Crippen LogP contribution is 2.30. The van der Waals surface area contributed by atoms with Crippen molar-refractivity contribution in [3.05, 3.63) is 28.5 Å². The number of thiazole rings is 1. The summed E-state index contributed by atoms with van der Waals surface area (Å²) in [5.74, 6) is 0. The van der Waals surface area contributed by atoms with Crippen molar-refractivity contribution in [3.8, 4) is 0 Å². The number of aryl methyl sites for hydroxylation is 1. The van der Waals surface area contributed by atoms with Crippen LogP contribution in [-0.2, 0) is 19.5 Å². The summed E-state index contributed by atoms with van der Waals surface area (Å²) >= 11 is 1.75. The second kappa shape index (κ2) is 6.15. The first-order valence-electron chi connectivity index (χ1n) is 7.59. The summed E-state index contributed by atoms with van der Waals surface area (Å²) < 4.78 is 2.14. The lowest BCUT2D eigenvalue weighted by Crippen LogP contribution is -2.24. The van der Waals surface area contributed by atoms with E-state index in [0.717, 1.165) is 24.6 Å².